The number of aryl methyl sites for hydroxylation is 1. The summed E-state index contributed by atoms with van der Waals surface area (Å²) >= 11 is 0. The van der Waals surface area contributed by atoms with Gasteiger partial charge in [0, 0.05) is 36.4 Å². The van der Waals surface area contributed by atoms with Crippen LogP contribution in [0.15, 0.2) is 42.5 Å². The number of carbonyl (C=O) groups is 2. The Hall–Kier alpha value is -3.42. The predicted molar refractivity (Wildman–Crippen MR) is 142 cm³/mol. The molecule has 1 saturated carbocycles. The number of hydrogen-bond acceptors (Lipinski definition) is 5. The summed E-state index contributed by atoms with van der Waals surface area (Å²) < 4.78 is 25.5. The van der Waals surface area contributed by atoms with Crippen molar-refractivity contribution in [3.8, 4) is 6.07 Å². The molecule has 2 aromatic rings. The smallest absolute Gasteiger partial charge is 0.319 e. The number of nitrogens with one attached hydrogen (secondary N) is 3. The van der Waals surface area contributed by atoms with Gasteiger partial charge < -0.3 is 15.5 Å². The number of benzene rings is 2. The molecule has 4 rings (SSSR count). The number of amides is 3. The van der Waals surface area contributed by atoms with Gasteiger partial charge in [0.1, 0.15) is 0 Å². The van der Waals surface area contributed by atoms with E-state index in [1.54, 1.807) is 12.1 Å². The summed E-state index contributed by atoms with van der Waals surface area (Å²) in [6.45, 7) is 3.16. The molecule has 0 aromatic heterocycles. The highest BCUT2D eigenvalue weighted by Crippen LogP contribution is 2.29. The number of nitriles is 1. The van der Waals surface area contributed by atoms with E-state index in [-0.39, 0.29) is 24.0 Å². The molecule has 1 saturated heterocycles. The molecule has 0 unspecified atom stereocenters. The van der Waals surface area contributed by atoms with E-state index in [2.05, 4.69) is 21.4 Å². The van der Waals surface area contributed by atoms with Gasteiger partial charge >= 0.3 is 6.03 Å². The van der Waals surface area contributed by atoms with Crippen LogP contribution in [-0.4, -0.2) is 56.7 Å². The second-order valence-electron chi connectivity index (χ2n) is 10.0. The van der Waals surface area contributed by atoms with E-state index >= 15 is 0 Å². The molecule has 2 aliphatic rings. The van der Waals surface area contributed by atoms with Crippen molar-refractivity contribution in [3.63, 3.8) is 0 Å². The van der Waals surface area contributed by atoms with Gasteiger partial charge in [0.25, 0.3) is 5.91 Å². The third-order valence-corrected chi connectivity index (χ3v) is 7.94. The number of anilines is 1. The number of likely N-dealkylation sites (tertiary alicyclic amines) is 1. The number of rotatable bonds is 6. The maximum absolute atomic E-state index is 13.2. The summed E-state index contributed by atoms with van der Waals surface area (Å²) in [5.41, 5.74) is 3.77. The lowest BCUT2D eigenvalue weighted by Gasteiger charge is -2.32. The Morgan fingerprint density at radius 3 is 2.32 bits per heavy atom. The molecule has 2 aromatic carbocycles. The minimum absolute atomic E-state index is 0.0628. The van der Waals surface area contributed by atoms with Crippen LogP contribution in [0.25, 0.3) is 0 Å². The van der Waals surface area contributed by atoms with Crippen LogP contribution in [0.2, 0.25) is 0 Å². The van der Waals surface area contributed by atoms with Gasteiger partial charge in [0.05, 0.1) is 17.9 Å². The van der Waals surface area contributed by atoms with Crippen LogP contribution in [0.3, 0.4) is 0 Å². The van der Waals surface area contributed by atoms with Crippen molar-refractivity contribution < 1.29 is 18.0 Å². The maximum atomic E-state index is 13.2. The van der Waals surface area contributed by atoms with E-state index in [1.807, 2.05) is 42.2 Å². The molecule has 196 valence electrons. The fourth-order valence-electron chi connectivity index (χ4n) is 5.18. The second-order valence-corrected chi connectivity index (χ2v) is 11.8. The molecule has 2 atom stereocenters. The zero-order chi connectivity index (χ0) is 26.6. The van der Waals surface area contributed by atoms with E-state index in [4.69, 9.17) is 5.26 Å². The number of sulfonamides is 1. The normalized spacial score (nSPS) is 20.3. The molecule has 9 nitrogen and oxygen atoms in total. The molecule has 3 N–H and O–H groups in total. The van der Waals surface area contributed by atoms with Gasteiger partial charge in [-0.2, -0.15) is 5.26 Å². The minimum Gasteiger partial charge on any atom is -0.339 e. The van der Waals surface area contributed by atoms with Crippen molar-refractivity contribution in [2.75, 3.05) is 24.7 Å². The molecule has 1 aliphatic carbocycles. The van der Waals surface area contributed by atoms with E-state index < -0.39 is 10.0 Å². The molecular weight excluding hydrogens is 490 g/mol. The fraction of sp³-hybridized carbons (Fsp3) is 0.444. The van der Waals surface area contributed by atoms with Crippen LogP contribution in [-0.2, 0) is 10.0 Å². The van der Waals surface area contributed by atoms with Gasteiger partial charge in [-0.3, -0.25) is 4.79 Å². The molecular formula is C27H33N5O4S. The average molecular weight is 524 g/mol. The third kappa shape index (κ3) is 7.08. The van der Waals surface area contributed by atoms with Crippen molar-refractivity contribution >= 4 is 27.6 Å². The summed E-state index contributed by atoms with van der Waals surface area (Å²) in [6, 6.07) is 14.5. The Balaban J connectivity index is 1.32. The lowest BCUT2D eigenvalue weighted by Crippen LogP contribution is -2.39. The van der Waals surface area contributed by atoms with E-state index in [1.165, 1.54) is 5.56 Å². The first-order chi connectivity index (χ1) is 17.6. The second kappa shape index (κ2) is 11.3. The first-order valence-corrected chi connectivity index (χ1v) is 14.4. The molecule has 1 aliphatic heterocycles. The Bertz CT molecular complexity index is 1300. The monoisotopic (exact) mass is 523 g/mol. The summed E-state index contributed by atoms with van der Waals surface area (Å²) in [5.74, 6) is 0.297. The lowest BCUT2D eigenvalue weighted by molar-refractivity contribution is 0.0713. The van der Waals surface area contributed by atoms with Gasteiger partial charge in [-0.25, -0.2) is 17.9 Å². The molecule has 10 heteroatoms. The number of carbonyl (C=O) groups excluding carboxylic acids is 2. The highest BCUT2D eigenvalue weighted by atomic mass is 32.2. The number of urea groups is 1. The molecule has 0 spiro atoms. The largest absolute Gasteiger partial charge is 0.339 e. The number of hydrogen-bond donors (Lipinski definition) is 3. The highest BCUT2D eigenvalue weighted by Gasteiger charge is 2.28. The van der Waals surface area contributed by atoms with Gasteiger partial charge in [-0.05, 0) is 80.3 Å². The summed E-state index contributed by atoms with van der Waals surface area (Å²) in [6.07, 6.45) is 4.74. The Morgan fingerprint density at radius 1 is 1.00 bits per heavy atom. The van der Waals surface area contributed by atoms with Crippen LogP contribution in [0.4, 0.5) is 10.5 Å². The quantitative estimate of drug-likeness (QED) is 0.534. The van der Waals surface area contributed by atoms with E-state index in [0.717, 1.165) is 24.7 Å². The SMILES string of the molecule is Cc1ccc(C(=O)N2CCC(c3ccc(C#N)cc3)CC2)cc1NC(=O)N[C@H]1CC[C@H](NS(C)(=O)=O)C1. The topological polar surface area (TPSA) is 131 Å². The number of piperidine rings is 1. The highest BCUT2D eigenvalue weighted by molar-refractivity contribution is 7.88. The van der Waals surface area contributed by atoms with Crippen molar-refractivity contribution in [2.45, 2.75) is 57.0 Å². The zero-order valence-electron chi connectivity index (χ0n) is 21.2. The number of nitrogens with zero attached hydrogens (tertiary/aromatic N) is 2. The molecule has 0 bridgehead atoms. The fourth-order valence-corrected chi connectivity index (χ4v) is 6.00. The third-order valence-electron chi connectivity index (χ3n) is 7.17. The van der Waals surface area contributed by atoms with Crippen LogP contribution in [0.5, 0.6) is 0 Å². The van der Waals surface area contributed by atoms with E-state index in [0.29, 0.717) is 55.1 Å². The van der Waals surface area contributed by atoms with Gasteiger partial charge in [0.15, 0.2) is 0 Å². The summed E-state index contributed by atoms with van der Waals surface area (Å²) in [7, 11) is -3.28. The Labute approximate surface area is 218 Å². The standard InChI is InChI=1S/C27H33N5O4S/c1-18-3-6-22(15-25(18)30-27(34)29-23-9-10-24(16-23)31-37(2,35)36)26(33)32-13-11-21(12-14-32)20-7-4-19(17-28)5-8-20/h3-8,15,21,23-24,31H,9-14,16H2,1-2H3,(H2,29,30,34)/t23-,24-/m0/s1. The van der Waals surface area contributed by atoms with Crippen LogP contribution >= 0.6 is 0 Å². The van der Waals surface area contributed by atoms with Crippen LogP contribution in [0.1, 0.15) is 65.1 Å². The molecule has 2 fully saturated rings. The Kier molecular flexibility index (Phi) is 8.15. The van der Waals surface area contributed by atoms with Crippen molar-refractivity contribution in [1.82, 2.24) is 14.9 Å². The first kappa shape index (κ1) is 26.6. The lowest BCUT2D eigenvalue weighted by atomic mass is 9.89. The molecule has 3 amide bonds. The molecule has 1 heterocycles. The first-order valence-electron chi connectivity index (χ1n) is 12.6. The summed E-state index contributed by atoms with van der Waals surface area (Å²) in [4.78, 5) is 27.7. The van der Waals surface area contributed by atoms with Crippen molar-refractivity contribution in [2.24, 2.45) is 0 Å². The van der Waals surface area contributed by atoms with Crippen LogP contribution in [0, 0.1) is 18.3 Å². The average Bonchev–Trinajstić information content (AvgIpc) is 3.29. The van der Waals surface area contributed by atoms with Crippen molar-refractivity contribution in [3.05, 3.63) is 64.7 Å². The van der Waals surface area contributed by atoms with Crippen LogP contribution < -0.4 is 15.4 Å². The molecule has 0 radical (unpaired) electrons. The van der Waals surface area contributed by atoms with Crippen molar-refractivity contribution in [1.29, 1.82) is 5.26 Å². The van der Waals surface area contributed by atoms with E-state index in [9.17, 15) is 18.0 Å². The minimum atomic E-state index is -3.28. The molecule has 37 heavy (non-hydrogen) atoms. The summed E-state index contributed by atoms with van der Waals surface area (Å²) in [5, 5.41) is 14.8. The Morgan fingerprint density at radius 2 is 1.68 bits per heavy atom. The van der Waals surface area contributed by atoms with Gasteiger partial charge in [0.2, 0.25) is 10.0 Å². The predicted octanol–water partition coefficient (Wildman–Crippen LogP) is 3.48. The zero-order valence-corrected chi connectivity index (χ0v) is 22.0. The van der Waals surface area contributed by atoms with Gasteiger partial charge in [-0.1, -0.05) is 18.2 Å². The maximum Gasteiger partial charge on any atom is 0.319 e. The van der Waals surface area contributed by atoms with Gasteiger partial charge in [-0.15, -0.1) is 0 Å².